The molecule has 1 heterocycles. The molecule has 2 heteroatoms. The van der Waals surface area contributed by atoms with Crippen molar-refractivity contribution in [3.8, 4) is 44.5 Å². The van der Waals surface area contributed by atoms with Crippen LogP contribution in [0.25, 0.3) is 77.2 Å². The van der Waals surface area contributed by atoms with Gasteiger partial charge in [0.25, 0.3) is 0 Å². The lowest BCUT2D eigenvalue weighted by Crippen LogP contribution is -2.26. The number of fused-ring (bicyclic) bond motifs is 15. The Morgan fingerprint density at radius 1 is 0.328 bits per heavy atom. The zero-order valence-electron chi connectivity index (χ0n) is 33.2. The second kappa shape index (κ2) is 13.0. The molecule has 61 heavy (non-hydrogen) atoms. The van der Waals surface area contributed by atoms with Gasteiger partial charge in [0.05, 0.1) is 16.5 Å². The highest BCUT2D eigenvalue weighted by atomic mass is 16.3. The molecule has 0 N–H and O–H groups in total. The summed E-state index contributed by atoms with van der Waals surface area (Å²) >= 11 is 0. The molecule has 0 saturated heterocycles. The summed E-state index contributed by atoms with van der Waals surface area (Å²) in [6.45, 7) is 0. The third-order valence-electron chi connectivity index (χ3n) is 13.3. The maximum atomic E-state index is 6.83. The molecule has 284 valence electrons. The summed E-state index contributed by atoms with van der Waals surface area (Å²) in [7, 11) is 0. The van der Waals surface area contributed by atoms with Crippen LogP contribution in [0.3, 0.4) is 0 Å². The van der Waals surface area contributed by atoms with Crippen molar-refractivity contribution in [3.63, 3.8) is 0 Å². The van der Waals surface area contributed by atoms with Crippen LogP contribution < -0.4 is 4.90 Å². The van der Waals surface area contributed by atoms with Gasteiger partial charge in [-0.1, -0.05) is 182 Å². The van der Waals surface area contributed by atoms with Gasteiger partial charge in [0.2, 0.25) is 0 Å². The quantitative estimate of drug-likeness (QED) is 0.173. The van der Waals surface area contributed by atoms with Crippen molar-refractivity contribution in [3.05, 3.63) is 247 Å². The number of hydrogen-bond acceptors (Lipinski definition) is 2. The van der Waals surface area contributed by atoms with E-state index in [0.29, 0.717) is 0 Å². The van der Waals surface area contributed by atoms with E-state index in [0.717, 1.165) is 50.1 Å². The zero-order chi connectivity index (χ0) is 40.1. The van der Waals surface area contributed by atoms with E-state index >= 15 is 0 Å². The van der Waals surface area contributed by atoms with Gasteiger partial charge in [0.1, 0.15) is 11.2 Å². The van der Waals surface area contributed by atoms with Gasteiger partial charge in [0, 0.05) is 22.3 Å². The Bertz CT molecular complexity index is 3460. The minimum atomic E-state index is -0.481. The highest BCUT2D eigenvalue weighted by Gasteiger charge is 2.51. The first-order chi connectivity index (χ1) is 30.3. The molecule has 0 fully saturated rings. The molecule has 2 aliphatic carbocycles. The lowest BCUT2D eigenvalue weighted by molar-refractivity contribution is 0.669. The maximum Gasteiger partial charge on any atom is 0.137 e. The minimum absolute atomic E-state index is 0.481. The molecule has 0 unspecified atom stereocenters. The van der Waals surface area contributed by atoms with Crippen molar-refractivity contribution in [2.45, 2.75) is 5.41 Å². The fourth-order valence-electron chi connectivity index (χ4n) is 10.8. The van der Waals surface area contributed by atoms with Crippen molar-refractivity contribution in [2.75, 3.05) is 4.90 Å². The van der Waals surface area contributed by atoms with E-state index < -0.39 is 5.41 Å². The standard InChI is InChI=1S/C59H37NO/c1-3-15-38(16-4-1)39-27-30-42(31-28-39)60(58-45(40-17-5-2-6-18-40)34-36-55-57(58)56-44-20-8-7-19-41(44)29-35-54(56)61-55)43-32-33-49-48-23-11-14-26-52(48)59(53(49)37-43)50-24-12-9-21-46(50)47-22-10-13-25-51(47)59/h1-37H. The number of benzene rings is 10. The first kappa shape index (κ1) is 34.0. The molecule has 1 aromatic heterocycles. The lowest BCUT2D eigenvalue weighted by Gasteiger charge is -2.33. The first-order valence-corrected chi connectivity index (χ1v) is 21.1. The van der Waals surface area contributed by atoms with Crippen LogP contribution in [-0.4, -0.2) is 0 Å². The van der Waals surface area contributed by atoms with Gasteiger partial charge >= 0.3 is 0 Å². The first-order valence-electron chi connectivity index (χ1n) is 21.1. The van der Waals surface area contributed by atoms with Crippen LogP contribution in [0.5, 0.6) is 0 Å². The monoisotopic (exact) mass is 775 g/mol. The third kappa shape index (κ3) is 4.79. The number of furan rings is 1. The average molecular weight is 776 g/mol. The van der Waals surface area contributed by atoms with Gasteiger partial charge in [-0.3, -0.25) is 0 Å². The summed E-state index contributed by atoms with van der Waals surface area (Å²) in [6, 6.07) is 82.3. The Labute approximate surface area is 354 Å². The number of nitrogens with zero attached hydrogens (tertiary/aromatic N) is 1. The summed E-state index contributed by atoms with van der Waals surface area (Å²) in [5.74, 6) is 0. The van der Waals surface area contributed by atoms with Gasteiger partial charge in [-0.2, -0.15) is 0 Å². The molecular formula is C59H37NO. The summed E-state index contributed by atoms with van der Waals surface area (Å²) in [5.41, 5.74) is 19.6. The van der Waals surface area contributed by atoms with E-state index in [2.05, 4.69) is 229 Å². The van der Waals surface area contributed by atoms with Gasteiger partial charge < -0.3 is 9.32 Å². The highest BCUT2D eigenvalue weighted by Crippen LogP contribution is 2.63. The van der Waals surface area contributed by atoms with Crippen molar-refractivity contribution in [1.29, 1.82) is 0 Å². The van der Waals surface area contributed by atoms with E-state index in [4.69, 9.17) is 4.42 Å². The van der Waals surface area contributed by atoms with Crippen LogP contribution in [0.15, 0.2) is 229 Å². The Kier molecular flexibility index (Phi) is 7.26. The second-order valence-corrected chi connectivity index (χ2v) is 16.3. The predicted octanol–water partition coefficient (Wildman–Crippen LogP) is 15.9. The molecule has 11 aromatic rings. The summed E-state index contributed by atoms with van der Waals surface area (Å²) in [6.07, 6.45) is 0. The summed E-state index contributed by atoms with van der Waals surface area (Å²) in [4.78, 5) is 2.50. The fraction of sp³-hybridized carbons (Fsp3) is 0.0169. The Balaban J connectivity index is 1.16. The molecule has 1 spiro atoms. The molecular weight excluding hydrogens is 739 g/mol. The molecule has 0 saturated carbocycles. The van der Waals surface area contributed by atoms with Crippen molar-refractivity contribution < 1.29 is 4.42 Å². The summed E-state index contributed by atoms with van der Waals surface area (Å²) in [5, 5.41) is 4.57. The predicted molar refractivity (Wildman–Crippen MR) is 253 cm³/mol. The van der Waals surface area contributed by atoms with E-state index in [9.17, 15) is 0 Å². The molecule has 10 aromatic carbocycles. The number of anilines is 3. The largest absolute Gasteiger partial charge is 0.456 e. The average Bonchev–Trinajstić information content (AvgIpc) is 3.97. The van der Waals surface area contributed by atoms with Crippen LogP contribution in [0.1, 0.15) is 22.3 Å². The SMILES string of the molecule is c1ccc(-c2ccc(N(c3ccc4c(c3)C3(c5ccccc5-c5ccccc53)c3ccccc3-4)c3c(-c4ccccc4)ccc4oc5ccc6ccccc6c5c34)cc2)cc1. The van der Waals surface area contributed by atoms with Gasteiger partial charge in [0.15, 0.2) is 0 Å². The fourth-order valence-corrected chi connectivity index (χ4v) is 10.8. The molecule has 0 amide bonds. The van der Waals surface area contributed by atoms with Crippen molar-refractivity contribution in [1.82, 2.24) is 0 Å². The van der Waals surface area contributed by atoms with Crippen LogP contribution in [0.4, 0.5) is 17.1 Å². The smallest absolute Gasteiger partial charge is 0.137 e. The number of rotatable bonds is 5. The Hall–Kier alpha value is -7.94. The van der Waals surface area contributed by atoms with E-state index in [1.807, 2.05) is 0 Å². The highest BCUT2D eigenvalue weighted by molar-refractivity contribution is 6.25. The topological polar surface area (TPSA) is 16.4 Å². The molecule has 0 bridgehead atoms. The van der Waals surface area contributed by atoms with E-state index in [1.165, 1.54) is 66.4 Å². The molecule has 0 radical (unpaired) electrons. The van der Waals surface area contributed by atoms with Gasteiger partial charge in [-0.15, -0.1) is 0 Å². The maximum absolute atomic E-state index is 6.83. The van der Waals surface area contributed by atoms with Crippen LogP contribution in [-0.2, 0) is 5.41 Å². The molecule has 13 rings (SSSR count). The molecule has 2 aliphatic rings. The normalized spacial score (nSPS) is 13.0. The van der Waals surface area contributed by atoms with Gasteiger partial charge in [-0.25, -0.2) is 0 Å². The molecule has 0 aliphatic heterocycles. The Morgan fingerprint density at radius 2 is 0.820 bits per heavy atom. The third-order valence-corrected chi connectivity index (χ3v) is 13.3. The minimum Gasteiger partial charge on any atom is -0.456 e. The number of hydrogen-bond donors (Lipinski definition) is 0. The molecule has 2 nitrogen and oxygen atoms in total. The lowest BCUT2D eigenvalue weighted by atomic mass is 9.70. The van der Waals surface area contributed by atoms with Crippen LogP contribution >= 0.6 is 0 Å². The van der Waals surface area contributed by atoms with Gasteiger partial charge in [-0.05, 0) is 114 Å². The Morgan fingerprint density at radius 3 is 1.49 bits per heavy atom. The van der Waals surface area contributed by atoms with E-state index in [-0.39, 0.29) is 0 Å². The zero-order valence-corrected chi connectivity index (χ0v) is 33.2. The van der Waals surface area contributed by atoms with Crippen molar-refractivity contribution in [2.24, 2.45) is 0 Å². The van der Waals surface area contributed by atoms with Crippen LogP contribution in [0, 0.1) is 0 Å². The molecule has 0 atom stereocenters. The van der Waals surface area contributed by atoms with Crippen molar-refractivity contribution >= 4 is 49.8 Å². The summed E-state index contributed by atoms with van der Waals surface area (Å²) < 4.78 is 6.83. The van der Waals surface area contributed by atoms with Crippen LogP contribution in [0.2, 0.25) is 0 Å². The van der Waals surface area contributed by atoms with E-state index in [1.54, 1.807) is 0 Å². The second-order valence-electron chi connectivity index (χ2n) is 16.3.